The van der Waals surface area contributed by atoms with Gasteiger partial charge in [0.15, 0.2) is 0 Å². The van der Waals surface area contributed by atoms with Crippen molar-refractivity contribution < 1.29 is 4.79 Å². The molecule has 5 heteroatoms. The van der Waals surface area contributed by atoms with Gasteiger partial charge in [0.2, 0.25) is 5.91 Å². The van der Waals surface area contributed by atoms with E-state index in [0.29, 0.717) is 18.2 Å². The van der Waals surface area contributed by atoms with E-state index >= 15 is 0 Å². The number of halogens is 1. The minimum atomic E-state index is 0. The van der Waals surface area contributed by atoms with E-state index in [1.165, 1.54) is 12.8 Å². The van der Waals surface area contributed by atoms with E-state index in [9.17, 15) is 4.79 Å². The molecule has 1 amide bonds. The maximum atomic E-state index is 11.3. The maximum absolute atomic E-state index is 11.3. The van der Waals surface area contributed by atoms with Gasteiger partial charge in [-0.05, 0) is 30.9 Å². The Morgan fingerprint density at radius 2 is 2.27 bits per heavy atom. The molecule has 1 atom stereocenters. The largest absolute Gasteiger partial charge is 0.354 e. The molecule has 15 heavy (non-hydrogen) atoms. The fourth-order valence-electron chi connectivity index (χ4n) is 1.28. The molecular weight excluding hydrogens is 232 g/mol. The van der Waals surface area contributed by atoms with Crippen molar-refractivity contribution in [3.8, 4) is 0 Å². The van der Waals surface area contributed by atoms with E-state index in [1.54, 1.807) is 11.8 Å². The van der Waals surface area contributed by atoms with Crippen LogP contribution < -0.4 is 11.1 Å². The van der Waals surface area contributed by atoms with Gasteiger partial charge >= 0.3 is 0 Å². The molecule has 0 heterocycles. The van der Waals surface area contributed by atoms with Gasteiger partial charge in [-0.25, -0.2) is 0 Å². The summed E-state index contributed by atoms with van der Waals surface area (Å²) in [6, 6.07) is 0.176. The lowest BCUT2D eigenvalue weighted by atomic mass is 10.2. The molecule has 1 rings (SSSR count). The minimum absolute atomic E-state index is 0. The Balaban J connectivity index is 0.00000196. The highest BCUT2D eigenvalue weighted by atomic mass is 35.5. The first kappa shape index (κ1) is 15.1. The van der Waals surface area contributed by atoms with Crippen LogP contribution in [-0.4, -0.2) is 30.0 Å². The van der Waals surface area contributed by atoms with Crippen LogP contribution in [0.15, 0.2) is 0 Å². The van der Waals surface area contributed by atoms with Gasteiger partial charge in [0.1, 0.15) is 0 Å². The average Bonchev–Trinajstić information content (AvgIpc) is 2.98. The molecule has 0 aromatic rings. The fourth-order valence-corrected chi connectivity index (χ4v) is 2.00. The molecule has 0 aromatic carbocycles. The molecule has 1 fully saturated rings. The number of rotatable bonds is 7. The zero-order chi connectivity index (χ0) is 10.4. The zero-order valence-electron chi connectivity index (χ0n) is 9.20. The molecule has 3 nitrogen and oxygen atoms in total. The Bertz CT molecular complexity index is 188. The summed E-state index contributed by atoms with van der Waals surface area (Å²) < 4.78 is 0. The normalized spacial score (nSPS) is 16.7. The van der Waals surface area contributed by atoms with Gasteiger partial charge in [0.05, 0.1) is 5.75 Å². The summed E-state index contributed by atoms with van der Waals surface area (Å²) in [5.74, 6) is 2.42. The molecule has 1 aliphatic rings. The van der Waals surface area contributed by atoms with Crippen LogP contribution in [-0.2, 0) is 4.79 Å². The van der Waals surface area contributed by atoms with Crippen LogP contribution in [0.5, 0.6) is 0 Å². The molecule has 0 radical (unpaired) electrons. The molecule has 0 spiro atoms. The smallest absolute Gasteiger partial charge is 0.230 e. The summed E-state index contributed by atoms with van der Waals surface area (Å²) in [5.41, 5.74) is 5.86. The molecule has 1 unspecified atom stereocenters. The van der Waals surface area contributed by atoms with E-state index in [2.05, 4.69) is 12.2 Å². The van der Waals surface area contributed by atoms with Gasteiger partial charge in [-0.3, -0.25) is 4.79 Å². The van der Waals surface area contributed by atoms with Gasteiger partial charge in [0, 0.05) is 12.6 Å². The SMILES string of the molecule is CCCSCC(=O)NCC(N)C1CC1.Cl. The van der Waals surface area contributed by atoms with Crippen molar-refractivity contribution >= 4 is 30.1 Å². The van der Waals surface area contributed by atoms with Gasteiger partial charge < -0.3 is 11.1 Å². The summed E-state index contributed by atoms with van der Waals surface area (Å²) in [5, 5.41) is 2.88. The first-order chi connectivity index (χ1) is 6.74. The number of thioether (sulfide) groups is 1. The second kappa shape index (κ2) is 8.25. The van der Waals surface area contributed by atoms with Crippen molar-refractivity contribution in [2.75, 3.05) is 18.1 Å². The molecular formula is C10H21ClN2OS. The van der Waals surface area contributed by atoms with E-state index in [0.717, 1.165) is 12.2 Å². The third-order valence-corrected chi connectivity index (χ3v) is 3.51. The lowest BCUT2D eigenvalue weighted by Gasteiger charge is -2.11. The number of amides is 1. The first-order valence-corrected chi connectivity index (χ1v) is 6.49. The highest BCUT2D eigenvalue weighted by Gasteiger charge is 2.28. The first-order valence-electron chi connectivity index (χ1n) is 5.34. The van der Waals surface area contributed by atoms with Crippen LogP contribution in [0.1, 0.15) is 26.2 Å². The molecule has 0 saturated heterocycles. The van der Waals surface area contributed by atoms with Crippen molar-refractivity contribution in [3.63, 3.8) is 0 Å². The second-order valence-corrected chi connectivity index (χ2v) is 4.96. The average molecular weight is 253 g/mol. The number of carbonyl (C=O) groups is 1. The molecule has 3 N–H and O–H groups in total. The van der Waals surface area contributed by atoms with Crippen LogP contribution in [0.3, 0.4) is 0 Å². The van der Waals surface area contributed by atoms with Crippen molar-refractivity contribution in [2.24, 2.45) is 11.7 Å². The van der Waals surface area contributed by atoms with Crippen LogP contribution in [0.4, 0.5) is 0 Å². The highest BCUT2D eigenvalue weighted by Crippen LogP contribution is 2.31. The molecule has 1 saturated carbocycles. The van der Waals surface area contributed by atoms with Crippen LogP contribution in [0, 0.1) is 5.92 Å². The number of nitrogens with one attached hydrogen (secondary N) is 1. The topological polar surface area (TPSA) is 55.1 Å². The van der Waals surface area contributed by atoms with Crippen LogP contribution in [0.2, 0.25) is 0 Å². The Labute approximate surface area is 102 Å². The van der Waals surface area contributed by atoms with Gasteiger partial charge in [-0.2, -0.15) is 11.8 Å². The van der Waals surface area contributed by atoms with Crippen molar-refractivity contribution in [3.05, 3.63) is 0 Å². The van der Waals surface area contributed by atoms with Crippen LogP contribution >= 0.6 is 24.2 Å². The molecule has 0 aromatic heterocycles. The summed E-state index contributed by atoms with van der Waals surface area (Å²) in [7, 11) is 0. The van der Waals surface area contributed by atoms with Gasteiger partial charge in [-0.1, -0.05) is 6.92 Å². The van der Waals surface area contributed by atoms with Gasteiger partial charge in [0.25, 0.3) is 0 Å². The quantitative estimate of drug-likeness (QED) is 0.674. The highest BCUT2D eigenvalue weighted by molar-refractivity contribution is 7.99. The minimum Gasteiger partial charge on any atom is -0.354 e. The monoisotopic (exact) mass is 252 g/mol. The van der Waals surface area contributed by atoms with E-state index in [1.807, 2.05) is 0 Å². The van der Waals surface area contributed by atoms with E-state index < -0.39 is 0 Å². The summed E-state index contributed by atoms with van der Waals surface area (Å²) >= 11 is 1.68. The number of hydrogen-bond acceptors (Lipinski definition) is 3. The lowest BCUT2D eigenvalue weighted by Crippen LogP contribution is -2.39. The Kier molecular flexibility index (Phi) is 8.29. The predicted octanol–water partition coefficient (Wildman–Crippen LogP) is 1.40. The van der Waals surface area contributed by atoms with Crippen molar-refractivity contribution in [2.45, 2.75) is 32.2 Å². The zero-order valence-corrected chi connectivity index (χ0v) is 10.8. The van der Waals surface area contributed by atoms with E-state index in [-0.39, 0.29) is 24.4 Å². The molecule has 0 aliphatic heterocycles. The van der Waals surface area contributed by atoms with Crippen LogP contribution in [0.25, 0.3) is 0 Å². The maximum Gasteiger partial charge on any atom is 0.230 e. The fraction of sp³-hybridized carbons (Fsp3) is 0.900. The Morgan fingerprint density at radius 3 is 2.80 bits per heavy atom. The number of nitrogens with two attached hydrogens (primary N) is 1. The number of carbonyl (C=O) groups excluding carboxylic acids is 1. The molecule has 0 bridgehead atoms. The summed E-state index contributed by atoms with van der Waals surface area (Å²) in [6.07, 6.45) is 3.60. The summed E-state index contributed by atoms with van der Waals surface area (Å²) in [4.78, 5) is 11.3. The molecule has 90 valence electrons. The van der Waals surface area contributed by atoms with Crippen molar-refractivity contribution in [1.29, 1.82) is 0 Å². The van der Waals surface area contributed by atoms with E-state index in [4.69, 9.17) is 5.73 Å². The number of hydrogen-bond donors (Lipinski definition) is 2. The Hall–Kier alpha value is 0.0700. The second-order valence-electron chi connectivity index (χ2n) is 3.86. The lowest BCUT2D eigenvalue weighted by molar-refractivity contribution is -0.118. The van der Waals surface area contributed by atoms with Crippen molar-refractivity contribution in [1.82, 2.24) is 5.32 Å². The molecule has 1 aliphatic carbocycles. The predicted molar refractivity (Wildman–Crippen MR) is 68.6 cm³/mol. The third-order valence-electron chi connectivity index (χ3n) is 2.34. The Morgan fingerprint density at radius 1 is 1.60 bits per heavy atom. The summed E-state index contributed by atoms with van der Waals surface area (Å²) in [6.45, 7) is 2.77. The van der Waals surface area contributed by atoms with Gasteiger partial charge in [-0.15, -0.1) is 12.4 Å². The third kappa shape index (κ3) is 7.03. The standard InChI is InChI=1S/C10H20N2OS.ClH/c1-2-5-14-7-10(13)12-6-9(11)8-3-4-8;/h8-9H,2-7,11H2,1H3,(H,12,13);1H.